The first-order valence-corrected chi connectivity index (χ1v) is 14.7. The molecule has 4 unspecified atom stereocenters. The highest BCUT2D eigenvalue weighted by Gasteiger charge is 2.44. The van der Waals surface area contributed by atoms with Crippen LogP contribution in [0.5, 0.6) is 5.75 Å². The monoisotopic (exact) mass is 577 g/mol. The SMILES string of the molecule is C=CC(=O)N1CCN(C2=NC(OCC3CCCN3C)N=C(C(=O)[C@@H]3Oc4ccccc4CC3F)[C]2CC)CC1CC#N. The number of nitrogens with zero attached hydrogens (tertiary/aromatic N) is 6. The van der Waals surface area contributed by atoms with Crippen molar-refractivity contribution in [1.82, 2.24) is 14.7 Å². The quantitative estimate of drug-likeness (QED) is 0.437. The molecule has 0 aliphatic carbocycles. The highest BCUT2D eigenvalue weighted by molar-refractivity contribution is 6.52. The van der Waals surface area contributed by atoms with Gasteiger partial charge in [-0.25, -0.2) is 14.4 Å². The molecule has 1 amide bonds. The molecule has 223 valence electrons. The number of amides is 1. The van der Waals surface area contributed by atoms with Gasteiger partial charge in [0, 0.05) is 32.1 Å². The zero-order valence-corrected chi connectivity index (χ0v) is 24.2. The van der Waals surface area contributed by atoms with Gasteiger partial charge in [0.05, 0.1) is 31.1 Å². The maximum absolute atomic E-state index is 15.4. The first-order valence-electron chi connectivity index (χ1n) is 14.7. The highest BCUT2D eigenvalue weighted by atomic mass is 19.1. The van der Waals surface area contributed by atoms with Crippen LogP contribution in [-0.2, 0) is 20.7 Å². The molecule has 0 bridgehead atoms. The number of fused-ring (bicyclic) bond motifs is 1. The maximum Gasteiger partial charge on any atom is 0.247 e. The molecule has 4 aliphatic rings. The zero-order valence-electron chi connectivity index (χ0n) is 24.2. The molecule has 11 heteroatoms. The fourth-order valence-corrected chi connectivity index (χ4v) is 6.18. The number of carbonyl (C=O) groups is 2. The van der Waals surface area contributed by atoms with Crippen molar-refractivity contribution in [3.8, 4) is 11.8 Å². The average molecular weight is 578 g/mol. The van der Waals surface area contributed by atoms with Gasteiger partial charge < -0.3 is 24.2 Å². The van der Waals surface area contributed by atoms with E-state index in [1.807, 2.05) is 17.9 Å². The van der Waals surface area contributed by atoms with Gasteiger partial charge in [-0.2, -0.15) is 5.26 Å². The van der Waals surface area contributed by atoms with Crippen LogP contribution in [0.1, 0.15) is 38.2 Å². The minimum Gasteiger partial charge on any atom is -0.479 e. The molecule has 0 saturated carbocycles. The predicted molar refractivity (Wildman–Crippen MR) is 156 cm³/mol. The summed E-state index contributed by atoms with van der Waals surface area (Å²) >= 11 is 0. The third-order valence-electron chi connectivity index (χ3n) is 8.52. The molecule has 2 fully saturated rings. The van der Waals surface area contributed by atoms with Crippen molar-refractivity contribution in [1.29, 1.82) is 5.26 Å². The molecule has 1 aromatic carbocycles. The van der Waals surface area contributed by atoms with Crippen LogP contribution < -0.4 is 4.74 Å². The number of aliphatic imine (C=N–C) groups is 2. The first-order chi connectivity index (χ1) is 20.3. The van der Waals surface area contributed by atoms with Crippen LogP contribution in [0.2, 0.25) is 0 Å². The molecule has 0 N–H and O–H groups in total. The molecule has 5 atom stereocenters. The number of hydrogen-bond acceptors (Lipinski definition) is 9. The summed E-state index contributed by atoms with van der Waals surface area (Å²) in [4.78, 5) is 41.9. The van der Waals surface area contributed by atoms with E-state index in [1.165, 1.54) is 6.08 Å². The number of nitriles is 1. The van der Waals surface area contributed by atoms with Gasteiger partial charge in [0.15, 0.2) is 6.10 Å². The molecular formula is C31H38FN6O4. The number of piperazine rings is 1. The van der Waals surface area contributed by atoms with Crippen molar-refractivity contribution >= 4 is 23.2 Å². The van der Waals surface area contributed by atoms with E-state index in [0.29, 0.717) is 50.2 Å². The largest absolute Gasteiger partial charge is 0.479 e. The van der Waals surface area contributed by atoms with Gasteiger partial charge in [0.1, 0.15) is 23.5 Å². The summed E-state index contributed by atoms with van der Waals surface area (Å²) in [5, 5.41) is 9.47. The second-order valence-electron chi connectivity index (χ2n) is 11.1. The second kappa shape index (κ2) is 13.1. The Balaban J connectivity index is 1.43. The van der Waals surface area contributed by atoms with E-state index in [-0.39, 0.29) is 36.5 Å². The van der Waals surface area contributed by atoms with Crippen LogP contribution in [0.25, 0.3) is 0 Å². The Bertz CT molecular complexity index is 1290. The molecule has 1 aromatic rings. The molecule has 1 radical (unpaired) electrons. The van der Waals surface area contributed by atoms with Gasteiger partial charge in [-0.15, -0.1) is 0 Å². The van der Waals surface area contributed by atoms with Gasteiger partial charge in [0.2, 0.25) is 18.0 Å². The first kappa shape index (κ1) is 29.9. The Morgan fingerprint density at radius 3 is 2.76 bits per heavy atom. The van der Waals surface area contributed by atoms with Crippen molar-refractivity contribution in [3.63, 3.8) is 0 Å². The third kappa shape index (κ3) is 6.10. The fraction of sp³-hybridized carbons (Fsp3) is 0.548. The second-order valence-corrected chi connectivity index (χ2v) is 11.1. The average Bonchev–Trinajstić information content (AvgIpc) is 3.42. The number of carbonyl (C=O) groups excluding carboxylic acids is 2. The van der Waals surface area contributed by atoms with Crippen molar-refractivity contribution in [3.05, 3.63) is 48.4 Å². The number of para-hydroxylation sites is 1. The zero-order chi connectivity index (χ0) is 29.8. The number of alkyl halides is 1. The summed E-state index contributed by atoms with van der Waals surface area (Å²) in [6, 6.07) is 9.17. The van der Waals surface area contributed by atoms with E-state index in [1.54, 1.807) is 23.1 Å². The smallest absolute Gasteiger partial charge is 0.247 e. The van der Waals surface area contributed by atoms with E-state index in [2.05, 4.69) is 29.6 Å². The van der Waals surface area contributed by atoms with Crippen molar-refractivity contribution < 1.29 is 23.5 Å². The van der Waals surface area contributed by atoms with Gasteiger partial charge in [-0.05, 0) is 50.6 Å². The molecule has 2 saturated heterocycles. The number of rotatable bonds is 8. The molecule has 5 rings (SSSR count). The van der Waals surface area contributed by atoms with E-state index in [9.17, 15) is 14.9 Å². The number of ketones is 1. The van der Waals surface area contributed by atoms with Crippen LogP contribution in [0, 0.1) is 17.2 Å². The lowest BCUT2D eigenvalue weighted by Crippen LogP contribution is -2.58. The number of likely N-dealkylation sites (N-methyl/N-ethyl adjacent to an activating group) is 1. The lowest BCUT2D eigenvalue weighted by atomic mass is 9.88. The van der Waals surface area contributed by atoms with Crippen LogP contribution >= 0.6 is 0 Å². The Hall–Kier alpha value is -3.62. The van der Waals surface area contributed by atoms with Crippen LogP contribution in [-0.4, -0.2) is 108 Å². The van der Waals surface area contributed by atoms with Gasteiger partial charge in [0.25, 0.3) is 0 Å². The van der Waals surface area contributed by atoms with Crippen molar-refractivity contribution in [2.75, 3.05) is 39.8 Å². The Kier molecular flexibility index (Phi) is 9.34. The lowest BCUT2D eigenvalue weighted by molar-refractivity contribution is -0.130. The maximum atomic E-state index is 15.4. The number of likely N-dealkylation sites (tertiary alicyclic amines) is 1. The normalized spacial score (nSPS) is 28.3. The molecular weight excluding hydrogens is 539 g/mol. The molecule has 0 spiro atoms. The Labute approximate surface area is 246 Å². The Morgan fingerprint density at radius 2 is 2.05 bits per heavy atom. The lowest BCUT2D eigenvalue weighted by Gasteiger charge is -2.44. The van der Waals surface area contributed by atoms with E-state index < -0.39 is 24.4 Å². The van der Waals surface area contributed by atoms with Crippen LogP contribution in [0.3, 0.4) is 0 Å². The van der Waals surface area contributed by atoms with Crippen LogP contribution in [0.4, 0.5) is 4.39 Å². The minimum absolute atomic E-state index is 0.0747. The predicted octanol–water partition coefficient (Wildman–Crippen LogP) is 2.74. The van der Waals surface area contributed by atoms with Gasteiger partial charge >= 0.3 is 0 Å². The molecule has 10 nitrogen and oxygen atoms in total. The standard InChI is InChI=1S/C31H38FN6O4/c1-4-23-27(28(40)29-24(32)17-20-9-6-7-11-25(20)42-29)34-31(41-19-22-10-8-14-36(22)3)35-30(23)37-15-16-38(26(39)5-2)21(18-37)12-13-33/h5-7,9,11,21-22,24,29,31H,2,4,8,10,12,14-19H2,1,3H3/t21?,22?,24?,29-,31?/m1/s1. The van der Waals surface area contributed by atoms with Crippen LogP contribution in [0.15, 0.2) is 46.9 Å². The Morgan fingerprint density at radius 1 is 1.24 bits per heavy atom. The number of benzene rings is 1. The van der Waals surface area contributed by atoms with E-state index in [4.69, 9.17) is 14.5 Å². The van der Waals surface area contributed by atoms with E-state index in [0.717, 1.165) is 24.9 Å². The summed E-state index contributed by atoms with van der Waals surface area (Å²) < 4.78 is 27.5. The summed E-state index contributed by atoms with van der Waals surface area (Å²) in [6.45, 7) is 8.01. The van der Waals surface area contributed by atoms with Crippen molar-refractivity contribution in [2.45, 2.75) is 69.7 Å². The number of halogens is 1. The number of hydrogen-bond donors (Lipinski definition) is 0. The summed E-state index contributed by atoms with van der Waals surface area (Å²) in [5.41, 5.74) is 0.833. The number of amidine groups is 1. The topological polar surface area (TPSA) is 111 Å². The number of Topliss-reactive ketones (excluding diaryl/α,β-unsaturated/α-hetero) is 1. The van der Waals surface area contributed by atoms with E-state index >= 15 is 4.39 Å². The molecule has 42 heavy (non-hydrogen) atoms. The molecule has 0 aromatic heterocycles. The molecule has 4 heterocycles. The highest BCUT2D eigenvalue weighted by Crippen LogP contribution is 2.32. The summed E-state index contributed by atoms with van der Waals surface area (Å²) in [5.74, 6) is 0.824. The third-order valence-corrected chi connectivity index (χ3v) is 8.52. The minimum atomic E-state index is -1.53. The number of ether oxygens (including phenoxy) is 2. The van der Waals surface area contributed by atoms with Gasteiger partial charge in [-0.3, -0.25) is 9.59 Å². The molecule has 4 aliphatic heterocycles. The van der Waals surface area contributed by atoms with Gasteiger partial charge in [-0.1, -0.05) is 31.7 Å². The summed E-state index contributed by atoms with van der Waals surface area (Å²) in [6.07, 6.45) is 0.0980. The summed E-state index contributed by atoms with van der Waals surface area (Å²) in [7, 11) is 2.05. The fourth-order valence-electron chi connectivity index (χ4n) is 6.18. The van der Waals surface area contributed by atoms with Crippen molar-refractivity contribution in [2.24, 2.45) is 9.98 Å².